The van der Waals surface area contributed by atoms with Crippen LogP contribution in [0.5, 0.6) is 0 Å². The molecule has 2 aliphatic heterocycles. The van der Waals surface area contributed by atoms with Gasteiger partial charge in [0.1, 0.15) is 0 Å². The minimum absolute atomic E-state index is 0.689. The molecule has 0 aromatic heterocycles. The SMILES string of the molecule is CCCN1CCC(C(C)NCC2CCCCN2C)CC1. The molecular weight excluding hydrogens is 246 g/mol. The second kappa shape index (κ2) is 8.35. The first kappa shape index (κ1) is 16.3. The van der Waals surface area contributed by atoms with Crippen LogP contribution in [0.2, 0.25) is 0 Å². The summed E-state index contributed by atoms with van der Waals surface area (Å²) < 4.78 is 0. The number of nitrogens with one attached hydrogen (secondary N) is 1. The first-order valence-corrected chi connectivity index (χ1v) is 8.86. The quantitative estimate of drug-likeness (QED) is 0.807. The predicted octanol–water partition coefficient (Wildman–Crippen LogP) is 2.57. The van der Waals surface area contributed by atoms with Crippen molar-refractivity contribution in [2.45, 2.75) is 64.5 Å². The highest BCUT2D eigenvalue weighted by Crippen LogP contribution is 2.21. The van der Waals surface area contributed by atoms with Gasteiger partial charge in [-0.1, -0.05) is 13.3 Å². The van der Waals surface area contributed by atoms with Crippen molar-refractivity contribution >= 4 is 0 Å². The molecule has 2 heterocycles. The van der Waals surface area contributed by atoms with Crippen LogP contribution < -0.4 is 5.32 Å². The second-order valence-electron chi connectivity index (χ2n) is 7.01. The summed E-state index contributed by atoms with van der Waals surface area (Å²) in [7, 11) is 2.29. The van der Waals surface area contributed by atoms with E-state index in [1.165, 1.54) is 71.2 Å². The fourth-order valence-corrected chi connectivity index (χ4v) is 3.88. The zero-order valence-corrected chi connectivity index (χ0v) is 13.9. The van der Waals surface area contributed by atoms with E-state index in [1.807, 2.05) is 0 Å². The third-order valence-electron chi connectivity index (χ3n) is 5.48. The molecule has 3 heteroatoms. The third-order valence-corrected chi connectivity index (χ3v) is 5.48. The van der Waals surface area contributed by atoms with Crippen molar-refractivity contribution in [3.8, 4) is 0 Å². The van der Waals surface area contributed by atoms with Gasteiger partial charge in [0.15, 0.2) is 0 Å². The molecule has 3 nitrogen and oxygen atoms in total. The zero-order valence-electron chi connectivity index (χ0n) is 13.9. The monoisotopic (exact) mass is 281 g/mol. The fourth-order valence-electron chi connectivity index (χ4n) is 3.88. The maximum Gasteiger partial charge on any atom is 0.0217 e. The van der Waals surface area contributed by atoms with E-state index in [2.05, 4.69) is 36.0 Å². The molecule has 0 aliphatic carbocycles. The summed E-state index contributed by atoms with van der Waals surface area (Å²) in [5.74, 6) is 0.886. The van der Waals surface area contributed by atoms with Crippen molar-refractivity contribution in [1.29, 1.82) is 0 Å². The van der Waals surface area contributed by atoms with E-state index in [0.717, 1.165) is 12.0 Å². The summed E-state index contributed by atoms with van der Waals surface area (Å²) in [5.41, 5.74) is 0. The molecule has 20 heavy (non-hydrogen) atoms. The Kier molecular flexibility index (Phi) is 6.79. The first-order valence-electron chi connectivity index (χ1n) is 8.86. The van der Waals surface area contributed by atoms with Gasteiger partial charge in [-0.3, -0.25) is 0 Å². The zero-order chi connectivity index (χ0) is 14.4. The molecule has 2 saturated heterocycles. The summed E-state index contributed by atoms with van der Waals surface area (Å²) in [6.07, 6.45) is 8.25. The average molecular weight is 281 g/mol. The molecule has 2 aliphatic rings. The van der Waals surface area contributed by atoms with E-state index >= 15 is 0 Å². The van der Waals surface area contributed by atoms with Gasteiger partial charge in [-0.05, 0) is 78.2 Å². The lowest BCUT2D eigenvalue weighted by molar-refractivity contribution is 0.146. The molecule has 0 aromatic carbocycles. The van der Waals surface area contributed by atoms with E-state index in [0.29, 0.717) is 6.04 Å². The molecule has 0 amide bonds. The van der Waals surface area contributed by atoms with E-state index < -0.39 is 0 Å². The van der Waals surface area contributed by atoms with Crippen LogP contribution in [-0.4, -0.2) is 61.7 Å². The smallest absolute Gasteiger partial charge is 0.0217 e. The molecular formula is C17H35N3. The van der Waals surface area contributed by atoms with Crippen LogP contribution in [0.25, 0.3) is 0 Å². The molecule has 0 bridgehead atoms. The van der Waals surface area contributed by atoms with Crippen LogP contribution in [0.15, 0.2) is 0 Å². The molecule has 2 fully saturated rings. The molecule has 1 N–H and O–H groups in total. The predicted molar refractivity (Wildman–Crippen MR) is 87.2 cm³/mol. The molecule has 0 spiro atoms. The first-order chi connectivity index (χ1) is 9.70. The van der Waals surface area contributed by atoms with E-state index in [9.17, 15) is 0 Å². The Morgan fingerprint density at radius 2 is 1.85 bits per heavy atom. The normalized spacial score (nSPS) is 28.6. The number of hydrogen-bond donors (Lipinski definition) is 1. The molecule has 2 unspecified atom stereocenters. The van der Waals surface area contributed by atoms with Crippen LogP contribution >= 0.6 is 0 Å². The summed E-state index contributed by atoms with van der Waals surface area (Å²) in [6.45, 7) is 11.1. The van der Waals surface area contributed by atoms with Gasteiger partial charge in [0, 0.05) is 18.6 Å². The van der Waals surface area contributed by atoms with E-state index in [1.54, 1.807) is 0 Å². The lowest BCUT2D eigenvalue weighted by Gasteiger charge is -2.37. The number of piperidine rings is 2. The summed E-state index contributed by atoms with van der Waals surface area (Å²) in [4.78, 5) is 5.19. The van der Waals surface area contributed by atoms with E-state index in [4.69, 9.17) is 0 Å². The van der Waals surface area contributed by atoms with Gasteiger partial charge in [0.25, 0.3) is 0 Å². The molecule has 2 rings (SSSR count). The Balaban J connectivity index is 1.66. The minimum Gasteiger partial charge on any atom is -0.312 e. The number of likely N-dealkylation sites (tertiary alicyclic amines) is 2. The third kappa shape index (κ3) is 4.71. The lowest BCUT2D eigenvalue weighted by atomic mass is 9.90. The van der Waals surface area contributed by atoms with Gasteiger partial charge in [-0.2, -0.15) is 0 Å². The molecule has 0 saturated carbocycles. The van der Waals surface area contributed by atoms with Gasteiger partial charge in [0.05, 0.1) is 0 Å². The van der Waals surface area contributed by atoms with Gasteiger partial charge < -0.3 is 15.1 Å². The number of nitrogens with zero attached hydrogens (tertiary/aromatic N) is 2. The Bertz CT molecular complexity index is 261. The summed E-state index contributed by atoms with van der Waals surface area (Å²) in [6, 6.07) is 1.46. The Labute approximate surface area is 126 Å². The average Bonchev–Trinajstić information content (AvgIpc) is 2.47. The van der Waals surface area contributed by atoms with Gasteiger partial charge in [0.2, 0.25) is 0 Å². The summed E-state index contributed by atoms with van der Waals surface area (Å²) in [5, 5.41) is 3.84. The van der Waals surface area contributed by atoms with Crippen molar-refractivity contribution in [2.75, 3.05) is 39.8 Å². The van der Waals surface area contributed by atoms with Crippen molar-refractivity contribution in [1.82, 2.24) is 15.1 Å². The Morgan fingerprint density at radius 1 is 1.10 bits per heavy atom. The number of hydrogen-bond acceptors (Lipinski definition) is 3. The van der Waals surface area contributed by atoms with Gasteiger partial charge >= 0.3 is 0 Å². The maximum atomic E-state index is 3.84. The minimum atomic E-state index is 0.689. The maximum absolute atomic E-state index is 3.84. The highest BCUT2D eigenvalue weighted by Gasteiger charge is 2.25. The van der Waals surface area contributed by atoms with E-state index in [-0.39, 0.29) is 0 Å². The summed E-state index contributed by atoms with van der Waals surface area (Å²) >= 11 is 0. The van der Waals surface area contributed by atoms with Crippen molar-refractivity contribution in [3.63, 3.8) is 0 Å². The standard InChI is InChI=1S/C17H35N3/c1-4-10-20-12-8-16(9-13-20)15(2)18-14-17-7-5-6-11-19(17)3/h15-18H,4-14H2,1-3H3. The Hall–Kier alpha value is -0.120. The van der Waals surface area contributed by atoms with Crippen LogP contribution in [0.4, 0.5) is 0 Å². The van der Waals surface area contributed by atoms with Gasteiger partial charge in [-0.25, -0.2) is 0 Å². The molecule has 118 valence electrons. The van der Waals surface area contributed by atoms with Crippen molar-refractivity contribution < 1.29 is 0 Å². The Morgan fingerprint density at radius 3 is 2.50 bits per heavy atom. The van der Waals surface area contributed by atoms with Crippen molar-refractivity contribution in [2.24, 2.45) is 5.92 Å². The van der Waals surface area contributed by atoms with Crippen LogP contribution in [0, 0.1) is 5.92 Å². The van der Waals surface area contributed by atoms with Crippen LogP contribution in [-0.2, 0) is 0 Å². The lowest BCUT2D eigenvalue weighted by Crippen LogP contribution is -2.48. The number of likely N-dealkylation sites (N-methyl/N-ethyl adjacent to an activating group) is 1. The second-order valence-corrected chi connectivity index (χ2v) is 7.01. The van der Waals surface area contributed by atoms with Crippen LogP contribution in [0.1, 0.15) is 52.4 Å². The molecule has 0 aromatic rings. The highest BCUT2D eigenvalue weighted by atomic mass is 15.2. The number of rotatable bonds is 6. The highest BCUT2D eigenvalue weighted by molar-refractivity contribution is 4.82. The molecule has 0 radical (unpaired) electrons. The molecule has 2 atom stereocenters. The largest absolute Gasteiger partial charge is 0.312 e. The van der Waals surface area contributed by atoms with Crippen LogP contribution in [0.3, 0.4) is 0 Å². The van der Waals surface area contributed by atoms with Crippen molar-refractivity contribution in [3.05, 3.63) is 0 Å². The topological polar surface area (TPSA) is 18.5 Å². The fraction of sp³-hybridized carbons (Fsp3) is 1.00. The van der Waals surface area contributed by atoms with Gasteiger partial charge in [-0.15, -0.1) is 0 Å².